The predicted octanol–water partition coefficient (Wildman–Crippen LogP) is 4.87. The van der Waals surface area contributed by atoms with Gasteiger partial charge in [-0.3, -0.25) is 9.48 Å². The minimum atomic E-state index is -0.230. The highest BCUT2D eigenvalue weighted by Crippen LogP contribution is 2.41. The highest BCUT2D eigenvalue weighted by Gasteiger charge is 2.30. The summed E-state index contributed by atoms with van der Waals surface area (Å²) in [5.74, 6) is 0.297. The first-order valence-corrected chi connectivity index (χ1v) is 11.1. The van der Waals surface area contributed by atoms with E-state index in [0.29, 0.717) is 18.0 Å². The van der Waals surface area contributed by atoms with E-state index in [0.717, 1.165) is 46.5 Å². The second-order valence-electron chi connectivity index (χ2n) is 9.55. The number of hydrogen-bond donors (Lipinski definition) is 1. The Morgan fingerprint density at radius 1 is 1.19 bits per heavy atom. The molecule has 1 saturated carbocycles. The van der Waals surface area contributed by atoms with Gasteiger partial charge in [-0.1, -0.05) is 18.2 Å². The van der Waals surface area contributed by atoms with Crippen molar-refractivity contribution in [2.24, 2.45) is 0 Å². The topological polar surface area (TPSA) is 77.6 Å². The summed E-state index contributed by atoms with van der Waals surface area (Å²) >= 11 is 0. The van der Waals surface area contributed by atoms with Gasteiger partial charge in [-0.2, -0.15) is 10.2 Å². The molecule has 0 aliphatic heterocycles. The van der Waals surface area contributed by atoms with Crippen molar-refractivity contribution in [2.45, 2.75) is 58.5 Å². The van der Waals surface area contributed by atoms with Crippen LogP contribution in [0.2, 0.25) is 0 Å². The maximum Gasteiger partial charge on any atom is 0.256 e. The lowest BCUT2D eigenvalue weighted by atomic mass is 10.1. The van der Waals surface area contributed by atoms with Gasteiger partial charge < -0.3 is 5.32 Å². The second kappa shape index (κ2) is 7.58. The molecule has 0 saturated heterocycles. The van der Waals surface area contributed by atoms with E-state index in [4.69, 9.17) is 10.1 Å². The Bertz CT molecular complexity index is 1290. The van der Waals surface area contributed by atoms with Gasteiger partial charge in [0.1, 0.15) is 0 Å². The van der Waals surface area contributed by atoms with Gasteiger partial charge in [-0.25, -0.2) is 9.67 Å². The van der Waals surface area contributed by atoms with Crippen molar-refractivity contribution < 1.29 is 4.79 Å². The number of aromatic nitrogens is 5. The third kappa shape index (κ3) is 3.79. The molecule has 0 spiro atoms. The van der Waals surface area contributed by atoms with Gasteiger partial charge >= 0.3 is 0 Å². The third-order valence-corrected chi connectivity index (χ3v) is 5.87. The number of carbonyl (C=O) groups excluding carboxylic acids is 1. The lowest BCUT2D eigenvalue weighted by Crippen LogP contribution is -2.24. The average molecular weight is 429 g/mol. The van der Waals surface area contributed by atoms with Crippen LogP contribution in [0, 0.1) is 6.92 Å². The van der Waals surface area contributed by atoms with E-state index in [-0.39, 0.29) is 11.4 Å². The molecule has 7 nitrogen and oxygen atoms in total. The van der Waals surface area contributed by atoms with Gasteiger partial charge in [0.05, 0.1) is 28.7 Å². The van der Waals surface area contributed by atoms with Crippen LogP contribution in [0.15, 0.2) is 48.8 Å². The van der Waals surface area contributed by atoms with Gasteiger partial charge in [0.2, 0.25) is 0 Å². The number of amides is 1. The van der Waals surface area contributed by atoms with Crippen molar-refractivity contribution in [3.05, 3.63) is 71.3 Å². The number of anilines is 1. The first-order chi connectivity index (χ1) is 15.3. The zero-order chi connectivity index (χ0) is 22.5. The molecule has 164 valence electrons. The van der Waals surface area contributed by atoms with Gasteiger partial charge in [-0.15, -0.1) is 0 Å². The number of nitrogens with one attached hydrogen (secondary N) is 1. The van der Waals surface area contributed by atoms with Crippen LogP contribution < -0.4 is 5.32 Å². The molecule has 1 aliphatic rings. The molecule has 1 N–H and O–H groups in total. The van der Waals surface area contributed by atoms with E-state index in [1.54, 1.807) is 6.20 Å². The van der Waals surface area contributed by atoms with Gasteiger partial charge in [-0.05, 0) is 64.3 Å². The molecule has 0 atom stereocenters. The predicted molar refractivity (Wildman–Crippen MR) is 125 cm³/mol. The van der Waals surface area contributed by atoms with Crippen molar-refractivity contribution >= 4 is 22.6 Å². The first-order valence-electron chi connectivity index (χ1n) is 11.1. The molecule has 1 aliphatic carbocycles. The molecule has 0 radical (unpaired) electrons. The van der Waals surface area contributed by atoms with E-state index >= 15 is 0 Å². The van der Waals surface area contributed by atoms with Crippen LogP contribution in [0.1, 0.15) is 66.8 Å². The second-order valence-corrected chi connectivity index (χ2v) is 9.55. The number of rotatable bonds is 5. The lowest BCUT2D eigenvalue weighted by molar-refractivity contribution is 0.102. The molecule has 1 amide bonds. The summed E-state index contributed by atoms with van der Waals surface area (Å²) < 4.78 is 3.80. The molecule has 0 bridgehead atoms. The molecule has 4 aromatic rings. The fraction of sp³-hybridized carbons (Fsp3) is 0.360. The molecule has 3 aromatic heterocycles. The van der Waals surface area contributed by atoms with Crippen LogP contribution in [0.25, 0.3) is 11.0 Å². The quantitative estimate of drug-likeness (QED) is 0.492. The Kier molecular flexibility index (Phi) is 4.84. The van der Waals surface area contributed by atoms with Crippen LogP contribution in [0.5, 0.6) is 0 Å². The van der Waals surface area contributed by atoms with E-state index in [1.807, 2.05) is 58.9 Å². The Balaban J connectivity index is 1.57. The Morgan fingerprint density at radius 3 is 2.66 bits per heavy atom. The number of pyridine rings is 1. The molecule has 5 rings (SSSR count). The first kappa shape index (κ1) is 20.4. The highest BCUT2D eigenvalue weighted by atomic mass is 16.1. The number of fused-ring (bicyclic) bond motifs is 1. The standard InChI is InChI=1S/C25H28N6O/c1-16-22-19(14-21(17-10-11-17)27-23(22)31(29-16)25(2,3)4)24(32)28-20-9-6-5-8-18(20)15-30-13-7-12-26-30/h5-9,12-14,17H,10-11,15H2,1-4H3,(H,28,32). The monoisotopic (exact) mass is 428 g/mol. The van der Waals surface area contributed by atoms with E-state index < -0.39 is 0 Å². The summed E-state index contributed by atoms with van der Waals surface area (Å²) in [6.07, 6.45) is 5.91. The summed E-state index contributed by atoms with van der Waals surface area (Å²) in [5.41, 5.74) is 4.78. The van der Waals surface area contributed by atoms with Crippen LogP contribution in [0.4, 0.5) is 5.69 Å². The molecule has 3 heterocycles. The van der Waals surface area contributed by atoms with E-state index in [1.165, 1.54) is 0 Å². The number of nitrogens with zero attached hydrogens (tertiary/aromatic N) is 5. The molecular weight excluding hydrogens is 400 g/mol. The molecule has 32 heavy (non-hydrogen) atoms. The number of para-hydroxylation sites is 1. The average Bonchev–Trinajstić information content (AvgIpc) is 3.37. The Labute approximate surface area is 187 Å². The SMILES string of the molecule is Cc1nn(C(C)(C)C)c2nc(C3CC3)cc(C(=O)Nc3ccccc3Cn3cccn3)c12. The fourth-order valence-electron chi connectivity index (χ4n) is 4.08. The molecule has 1 fully saturated rings. The van der Waals surface area contributed by atoms with Gasteiger partial charge in [0.15, 0.2) is 5.65 Å². The van der Waals surface area contributed by atoms with Gasteiger partial charge in [0, 0.05) is 29.7 Å². The molecule has 1 aromatic carbocycles. The van der Waals surface area contributed by atoms with E-state index in [2.05, 4.69) is 31.2 Å². The number of aryl methyl sites for hydroxylation is 1. The summed E-state index contributed by atoms with van der Waals surface area (Å²) in [6, 6.07) is 11.7. The van der Waals surface area contributed by atoms with Crippen LogP contribution >= 0.6 is 0 Å². The third-order valence-electron chi connectivity index (χ3n) is 5.87. The Hall–Kier alpha value is -3.48. The summed E-state index contributed by atoms with van der Waals surface area (Å²) in [7, 11) is 0. The van der Waals surface area contributed by atoms with Crippen molar-refractivity contribution in [1.82, 2.24) is 24.5 Å². The maximum absolute atomic E-state index is 13.6. The highest BCUT2D eigenvalue weighted by molar-refractivity contribution is 6.13. The summed E-state index contributed by atoms with van der Waals surface area (Å²) in [5, 5.41) is 13.0. The van der Waals surface area contributed by atoms with Crippen molar-refractivity contribution in [2.75, 3.05) is 5.32 Å². The van der Waals surface area contributed by atoms with Crippen molar-refractivity contribution in [1.29, 1.82) is 0 Å². The number of carbonyl (C=O) groups is 1. The zero-order valence-electron chi connectivity index (χ0n) is 19.0. The fourth-order valence-corrected chi connectivity index (χ4v) is 4.08. The smallest absolute Gasteiger partial charge is 0.256 e. The molecule has 0 unspecified atom stereocenters. The minimum Gasteiger partial charge on any atom is -0.322 e. The minimum absolute atomic E-state index is 0.135. The number of hydrogen-bond acceptors (Lipinski definition) is 4. The summed E-state index contributed by atoms with van der Waals surface area (Å²) in [6.45, 7) is 8.86. The maximum atomic E-state index is 13.6. The van der Waals surface area contributed by atoms with Crippen molar-refractivity contribution in [3.63, 3.8) is 0 Å². The Morgan fingerprint density at radius 2 is 1.97 bits per heavy atom. The van der Waals surface area contributed by atoms with Crippen LogP contribution in [-0.4, -0.2) is 30.5 Å². The van der Waals surface area contributed by atoms with Crippen molar-refractivity contribution in [3.8, 4) is 0 Å². The van der Waals surface area contributed by atoms with Gasteiger partial charge in [0.25, 0.3) is 5.91 Å². The lowest BCUT2D eigenvalue weighted by Gasteiger charge is -2.20. The normalized spacial score (nSPS) is 14.1. The summed E-state index contributed by atoms with van der Waals surface area (Å²) in [4.78, 5) is 18.5. The zero-order valence-corrected chi connectivity index (χ0v) is 19.0. The van der Waals surface area contributed by atoms with E-state index in [9.17, 15) is 4.79 Å². The van der Waals surface area contributed by atoms with Crippen LogP contribution in [-0.2, 0) is 12.1 Å². The van der Waals surface area contributed by atoms with Crippen LogP contribution in [0.3, 0.4) is 0 Å². The number of benzene rings is 1. The molecule has 7 heteroatoms. The largest absolute Gasteiger partial charge is 0.322 e. The molecular formula is C25H28N6O.